The minimum absolute atomic E-state index is 0.161. The number of carbonyl (C=O) groups excluding carboxylic acids is 1. The van der Waals surface area contributed by atoms with Crippen LogP contribution in [0, 0.1) is 5.92 Å². The zero-order chi connectivity index (χ0) is 27.4. The number of hydrogen-bond donors (Lipinski definition) is 8. The maximum atomic E-state index is 12.5. The lowest BCUT2D eigenvalue weighted by atomic mass is 9.86. The van der Waals surface area contributed by atoms with Crippen molar-refractivity contribution < 1.29 is 64.2 Å². The fourth-order valence-electron chi connectivity index (χ4n) is 4.27. The van der Waals surface area contributed by atoms with Gasteiger partial charge in [0.25, 0.3) is 0 Å². The van der Waals surface area contributed by atoms with E-state index in [-0.39, 0.29) is 23.6 Å². The highest BCUT2D eigenvalue weighted by atomic mass is 17.2. The van der Waals surface area contributed by atoms with Gasteiger partial charge in [0, 0.05) is 11.6 Å². The molecule has 0 spiro atoms. The van der Waals surface area contributed by atoms with Gasteiger partial charge in [0.05, 0.1) is 31.0 Å². The van der Waals surface area contributed by atoms with E-state index in [9.17, 15) is 35.1 Å². The van der Waals surface area contributed by atoms with Crippen LogP contribution in [0.4, 0.5) is 5.69 Å². The highest BCUT2D eigenvalue weighted by Crippen LogP contribution is 2.29. The third kappa shape index (κ3) is 6.46. The van der Waals surface area contributed by atoms with Crippen molar-refractivity contribution in [3.8, 4) is 5.75 Å². The van der Waals surface area contributed by atoms with Crippen molar-refractivity contribution in [1.29, 1.82) is 0 Å². The van der Waals surface area contributed by atoms with Crippen LogP contribution in [-0.2, 0) is 28.8 Å². The van der Waals surface area contributed by atoms with Crippen molar-refractivity contribution in [2.75, 3.05) is 26.0 Å². The molecule has 15 heteroatoms. The zero-order valence-corrected chi connectivity index (χ0v) is 20.0. The third-order valence-corrected chi connectivity index (χ3v) is 6.37. The Balaban J connectivity index is 1.66. The van der Waals surface area contributed by atoms with Crippen LogP contribution in [0.3, 0.4) is 0 Å². The van der Waals surface area contributed by atoms with Crippen molar-refractivity contribution in [3.63, 3.8) is 0 Å². The van der Waals surface area contributed by atoms with Gasteiger partial charge in [0.2, 0.25) is 6.29 Å². The zero-order valence-electron chi connectivity index (χ0n) is 20.0. The number of carboxylic acids is 1. The first-order valence-electron chi connectivity index (χ1n) is 11.4. The maximum absolute atomic E-state index is 12.5. The van der Waals surface area contributed by atoms with Crippen LogP contribution in [0.25, 0.3) is 0 Å². The summed E-state index contributed by atoms with van der Waals surface area (Å²) >= 11 is 0. The quantitative estimate of drug-likeness (QED) is 0.0531. The number of benzene rings is 1. The highest BCUT2D eigenvalue weighted by Gasteiger charge is 2.49. The molecule has 10 atom stereocenters. The van der Waals surface area contributed by atoms with Crippen LogP contribution in [0.5, 0.6) is 5.75 Å². The van der Waals surface area contributed by atoms with E-state index in [1.165, 1.54) is 18.2 Å². The molecule has 0 aliphatic carbocycles. The van der Waals surface area contributed by atoms with E-state index in [0.29, 0.717) is 0 Å². The average molecular weight is 532 g/mol. The number of aliphatic hydroxyl groups excluding tert-OH is 4. The molecule has 0 amide bonds. The van der Waals surface area contributed by atoms with Crippen LogP contribution >= 0.6 is 0 Å². The van der Waals surface area contributed by atoms with E-state index in [1.54, 1.807) is 14.0 Å². The molecule has 1 aromatic rings. The summed E-state index contributed by atoms with van der Waals surface area (Å²) in [5, 5.41) is 62.6. The number of aliphatic hydroxyl groups is 4. The lowest BCUT2D eigenvalue weighted by molar-refractivity contribution is -0.428. The molecule has 2 aliphatic heterocycles. The Kier molecular flexibility index (Phi) is 9.63. The minimum atomic E-state index is -1.91. The number of carbonyl (C=O) groups is 2. The van der Waals surface area contributed by atoms with Crippen molar-refractivity contribution in [2.45, 2.75) is 62.0 Å². The maximum Gasteiger partial charge on any atom is 0.342 e. The molecule has 0 saturated carbocycles. The van der Waals surface area contributed by atoms with Gasteiger partial charge in [-0.15, -0.1) is 0 Å². The molecule has 4 unspecified atom stereocenters. The summed E-state index contributed by atoms with van der Waals surface area (Å²) < 4.78 is 16.2. The van der Waals surface area contributed by atoms with Crippen LogP contribution in [0.2, 0.25) is 0 Å². The van der Waals surface area contributed by atoms with Gasteiger partial charge in [-0.25, -0.2) is 19.4 Å². The summed E-state index contributed by atoms with van der Waals surface area (Å²) in [7, 11) is 1.61. The Hall–Kier alpha value is -2.60. The second kappa shape index (κ2) is 12.3. The number of likely N-dealkylation sites (N-methyl/N-ethyl adjacent to an activating group) is 1. The number of nitrogens with one attached hydrogen (secondary N) is 1. The number of anilines is 1. The first-order valence-corrected chi connectivity index (χ1v) is 11.4. The Morgan fingerprint density at radius 1 is 1.05 bits per heavy atom. The Morgan fingerprint density at radius 3 is 2.41 bits per heavy atom. The lowest BCUT2D eigenvalue weighted by Crippen LogP contribution is -2.61. The van der Waals surface area contributed by atoms with Gasteiger partial charge < -0.3 is 55.9 Å². The number of ether oxygens (including phenoxy) is 3. The van der Waals surface area contributed by atoms with Gasteiger partial charge >= 0.3 is 11.9 Å². The molecule has 0 radical (unpaired) electrons. The molecule has 2 saturated heterocycles. The minimum Gasteiger partial charge on any atom is -0.507 e. The molecular weight excluding hydrogens is 500 g/mol. The number of hydrogen-bond acceptors (Lipinski definition) is 14. The predicted octanol–water partition coefficient (Wildman–Crippen LogP) is -2.68. The average Bonchev–Trinajstić information content (AvgIpc) is 2.85. The van der Waals surface area contributed by atoms with Gasteiger partial charge in [-0.2, -0.15) is 0 Å². The Bertz CT molecular complexity index is 949. The lowest BCUT2D eigenvalue weighted by Gasteiger charge is -2.43. The smallest absolute Gasteiger partial charge is 0.342 e. The molecule has 0 bridgehead atoms. The van der Waals surface area contributed by atoms with Crippen molar-refractivity contribution in [1.82, 2.24) is 5.32 Å². The third-order valence-electron chi connectivity index (χ3n) is 6.37. The molecule has 2 fully saturated rings. The number of phenols is 1. The first-order chi connectivity index (χ1) is 17.5. The monoisotopic (exact) mass is 532 g/mol. The van der Waals surface area contributed by atoms with Crippen molar-refractivity contribution >= 4 is 17.6 Å². The molecular formula is C22H32N2O13. The normalized spacial score (nSPS) is 36.2. The summed E-state index contributed by atoms with van der Waals surface area (Å²) in [5.74, 6) is -3.68. The number of nitrogens with two attached hydrogens (primary N) is 1. The number of nitrogen functional groups attached to an aromatic ring is 1. The fraction of sp³-hybridized carbons (Fsp3) is 0.636. The van der Waals surface area contributed by atoms with Crippen LogP contribution in [0.15, 0.2) is 18.2 Å². The highest BCUT2D eigenvalue weighted by molar-refractivity contribution is 5.93. The van der Waals surface area contributed by atoms with Gasteiger partial charge in [0.15, 0.2) is 6.10 Å². The summed E-state index contributed by atoms with van der Waals surface area (Å²) in [6, 6.07) is 3.34. The summed E-state index contributed by atoms with van der Waals surface area (Å²) in [6.45, 7) is 0.940. The van der Waals surface area contributed by atoms with E-state index in [1.807, 2.05) is 0 Å². The fourth-order valence-corrected chi connectivity index (χ4v) is 4.27. The van der Waals surface area contributed by atoms with Crippen molar-refractivity contribution in [2.24, 2.45) is 5.92 Å². The number of esters is 1. The molecule has 0 aromatic heterocycles. The van der Waals surface area contributed by atoms with Crippen LogP contribution in [-0.4, -0.2) is 118 Å². The molecule has 2 aliphatic rings. The summed E-state index contributed by atoms with van der Waals surface area (Å²) in [5.41, 5.74) is 5.73. The number of aliphatic carboxylic acids is 1. The molecule has 3 rings (SSSR count). The summed E-state index contributed by atoms with van der Waals surface area (Å²) in [4.78, 5) is 33.8. The topological polar surface area (TPSA) is 240 Å². The van der Waals surface area contributed by atoms with E-state index in [2.05, 4.69) is 5.32 Å². The second-order valence-electron chi connectivity index (χ2n) is 8.84. The Morgan fingerprint density at radius 2 is 1.76 bits per heavy atom. The molecule has 208 valence electrons. The second-order valence-corrected chi connectivity index (χ2v) is 8.84. The van der Waals surface area contributed by atoms with Crippen LogP contribution in [0.1, 0.15) is 17.3 Å². The molecule has 9 N–H and O–H groups in total. The Labute approximate surface area is 211 Å². The van der Waals surface area contributed by atoms with Crippen LogP contribution < -0.4 is 11.1 Å². The molecule has 15 nitrogen and oxygen atoms in total. The number of carboxylic acid groups (broad SMARTS) is 1. The van der Waals surface area contributed by atoms with E-state index in [4.69, 9.17) is 34.8 Å². The summed E-state index contributed by atoms with van der Waals surface area (Å²) in [6.07, 6.45) is -11.8. The number of phenolic OH excluding ortho intramolecular Hbond substituents is 1. The van der Waals surface area contributed by atoms with Gasteiger partial charge in [-0.05, 0) is 32.2 Å². The standard InChI is InChI=1S/C22H32N2O13/c1-8-14(24-2)15(26)11(6-34-37-22-18(29)16(27)17(28)19(36-22)20(30)31)13(35-8)7-33-21(32)10-5-9(23)3-4-12(10)25/h3-5,8,11,13-19,22,24-29H,6-7,23H2,1-2H3,(H,30,31)/t8-,11+,13?,14?,15+,16+,17-,18?,19?,22-/m0/s1. The van der Waals surface area contributed by atoms with Gasteiger partial charge in [-0.1, -0.05) is 0 Å². The molecule has 1 aromatic carbocycles. The van der Waals surface area contributed by atoms with E-state index in [0.717, 1.165) is 0 Å². The number of rotatable bonds is 9. The molecule has 2 heterocycles. The predicted molar refractivity (Wildman–Crippen MR) is 121 cm³/mol. The molecule has 37 heavy (non-hydrogen) atoms. The largest absolute Gasteiger partial charge is 0.507 e. The van der Waals surface area contributed by atoms with E-state index >= 15 is 0 Å². The van der Waals surface area contributed by atoms with E-state index < -0.39 is 79.5 Å². The van der Waals surface area contributed by atoms with Gasteiger partial charge in [-0.3, -0.25) is 0 Å². The first kappa shape index (κ1) is 29.0. The van der Waals surface area contributed by atoms with Crippen molar-refractivity contribution in [3.05, 3.63) is 23.8 Å². The van der Waals surface area contributed by atoms with Gasteiger partial charge in [0.1, 0.15) is 36.2 Å². The SMILES string of the molecule is CNC1[C@H](C)OC(COC(=O)c2cc(N)ccc2O)[C@@H](COO[C@@H]2OC(C(=O)O)[C@@H](O)[C@@H](O)C2O)[C@H]1O. The number of aromatic hydroxyl groups is 1.